The molecule has 1 aliphatic heterocycles. The van der Waals surface area contributed by atoms with Crippen molar-refractivity contribution in [2.75, 3.05) is 16.8 Å². The van der Waals surface area contributed by atoms with Crippen LogP contribution in [0.3, 0.4) is 0 Å². The van der Waals surface area contributed by atoms with Gasteiger partial charge >= 0.3 is 0 Å². The zero-order chi connectivity index (χ0) is 29.9. The van der Waals surface area contributed by atoms with Gasteiger partial charge in [-0.3, -0.25) is 9.55 Å². The molecule has 0 fully saturated rings. The first-order valence-electron chi connectivity index (χ1n) is 14.5. The molecule has 4 aromatic heterocycles. The molecule has 0 radical (unpaired) electrons. The van der Waals surface area contributed by atoms with E-state index in [1.165, 1.54) is 0 Å². The predicted octanol–water partition coefficient (Wildman–Crippen LogP) is 7.40. The van der Waals surface area contributed by atoms with Gasteiger partial charge in [0.05, 0.1) is 5.69 Å². The Morgan fingerprint density at radius 1 is 0.696 bits per heavy atom. The van der Waals surface area contributed by atoms with Crippen molar-refractivity contribution >= 4 is 50.2 Å². The van der Waals surface area contributed by atoms with Gasteiger partial charge in [-0.25, -0.2) is 9.97 Å². The number of pyridine rings is 1. The zero-order valence-electron chi connectivity index (χ0n) is 24.3. The van der Waals surface area contributed by atoms with Crippen LogP contribution in [0.1, 0.15) is 0 Å². The van der Waals surface area contributed by atoms with Crippen LogP contribution in [0.5, 0.6) is 11.6 Å². The van der Waals surface area contributed by atoms with Crippen LogP contribution in [0.2, 0.25) is 0 Å². The van der Waals surface area contributed by atoms with Gasteiger partial charge in [0, 0.05) is 56.1 Å². The van der Waals surface area contributed by atoms with Gasteiger partial charge in [0.2, 0.25) is 5.95 Å². The number of nitrogens with zero attached hydrogens (tertiary/aromatic N) is 8. The number of rotatable bonds is 5. The Labute approximate surface area is 278 Å². The number of aromatic nitrogens is 6. The van der Waals surface area contributed by atoms with Gasteiger partial charge < -0.3 is 19.1 Å². The number of fused-ring (bicyclic) bond motifs is 5. The molecule has 5 heterocycles. The normalized spacial score (nSPS) is 12.5. The molecule has 0 amide bonds. The van der Waals surface area contributed by atoms with Crippen LogP contribution in [0, 0.1) is 18.8 Å². The minimum Gasteiger partial charge on any atom is -0.504 e. The molecule has 0 bridgehead atoms. The first-order chi connectivity index (χ1) is 22.2. The molecular formula is C36H23N8OPt-3. The van der Waals surface area contributed by atoms with Gasteiger partial charge in [0.15, 0.2) is 11.3 Å². The topological polar surface area (TPSA) is 77.1 Å². The fourth-order valence-corrected chi connectivity index (χ4v) is 6.02. The van der Waals surface area contributed by atoms with E-state index in [0.29, 0.717) is 28.9 Å². The molecule has 0 aliphatic carbocycles. The maximum Gasteiger partial charge on any atom is 0.221 e. The van der Waals surface area contributed by atoms with Crippen LogP contribution >= 0.6 is 0 Å². The van der Waals surface area contributed by atoms with Gasteiger partial charge in [0.25, 0.3) is 0 Å². The minimum atomic E-state index is 0. The largest absolute Gasteiger partial charge is 0.504 e. The molecule has 9 nitrogen and oxygen atoms in total. The van der Waals surface area contributed by atoms with Crippen molar-refractivity contribution in [2.24, 2.45) is 0 Å². The molecule has 46 heavy (non-hydrogen) atoms. The van der Waals surface area contributed by atoms with Gasteiger partial charge in [-0.1, -0.05) is 54.0 Å². The fraction of sp³-hybridized carbons (Fsp3) is 0.0278. The Kier molecular flexibility index (Phi) is 6.76. The molecular weight excluding hydrogens is 756 g/mol. The second-order valence-electron chi connectivity index (χ2n) is 10.7. The van der Waals surface area contributed by atoms with E-state index in [9.17, 15) is 0 Å². The van der Waals surface area contributed by atoms with Crippen molar-refractivity contribution in [1.82, 2.24) is 29.1 Å². The number of hydrogen-bond donors (Lipinski definition) is 0. The number of anilines is 3. The summed E-state index contributed by atoms with van der Waals surface area (Å²) in [5.74, 6) is 1.51. The van der Waals surface area contributed by atoms with Gasteiger partial charge in [0.1, 0.15) is 5.88 Å². The molecule has 8 aromatic rings. The van der Waals surface area contributed by atoms with E-state index in [2.05, 4.69) is 71.8 Å². The van der Waals surface area contributed by atoms with E-state index in [4.69, 9.17) is 9.72 Å². The van der Waals surface area contributed by atoms with Crippen molar-refractivity contribution < 1.29 is 25.8 Å². The smallest absolute Gasteiger partial charge is 0.221 e. The third-order valence-electron chi connectivity index (χ3n) is 7.98. The molecule has 10 heteroatoms. The molecule has 0 unspecified atom stereocenters. The van der Waals surface area contributed by atoms with Crippen molar-refractivity contribution in [3.05, 3.63) is 134 Å². The quantitative estimate of drug-likeness (QED) is 0.169. The molecule has 0 atom stereocenters. The minimum absolute atomic E-state index is 0. The van der Waals surface area contributed by atoms with E-state index < -0.39 is 0 Å². The van der Waals surface area contributed by atoms with Gasteiger partial charge in [-0.2, -0.15) is 35.5 Å². The third kappa shape index (κ3) is 4.43. The molecule has 4 aromatic carbocycles. The number of para-hydroxylation sites is 4. The second-order valence-corrected chi connectivity index (χ2v) is 10.7. The van der Waals surface area contributed by atoms with Gasteiger partial charge in [-0.15, -0.1) is 17.5 Å². The molecule has 1 aliphatic rings. The average molecular weight is 779 g/mol. The Balaban J connectivity index is 0.00000312. The summed E-state index contributed by atoms with van der Waals surface area (Å²) in [4.78, 5) is 22.8. The predicted molar refractivity (Wildman–Crippen MR) is 174 cm³/mol. The van der Waals surface area contributed by atoms with Crippen LogP contribution < -0.4 is 14.5 Å². The van der Waals surface area contributed by atoms with E-state index in [-0.39, 0.29) is 21.1 Å². The van der Waals surface area contributed by atoms with Crippen LogP contribution in [0.25, 0.3) is 44.7 Å². The number of imidazole rings is 1. The Morgan fingerprint density at radius 3 is 2.37 bits per heavy atom. The summed E-state index contributed by atoms with van der Waals surface area (Å²) in [6.45, 7) is 2.03. The summed E-state index contributed by atoms with van der Waals surface area (Å²) in [7, 11) is 2.03. The van der Waals surface area contributed by atoms with E-state index >= 15 is 0 Å². The summed E-state index contributed by atoms with van der Waals surface area (Å²) in [6, 6.07) is 39.3. The van der Waals surface area contributed by atoms with Crippen molar-refractivity contribution in [2.45, 2.75) is 0 Å². The van der Waals surface area contributed by atoms with E-state index in [0.717, 1.165) is 44.6 Å². The number of benzene rings is 4. The third-order valence-corrected chi connectivity index (χ3v) is 7.98. The molecule has 9 rings (SSSR count). The van der Waals surface area contributed by atoms with Crippen LogP contribution in [0.4, 0.5) is 17.1 Å². The van der Waals surface area contributed by atoms with Crippen molar-refractivity contribution in [3.8, 4) is 23.3 Å². The summed E-state index contributed by atoms with van der Waals surface area (Å²) in [5, 5.41) is 2.09. The second kappa shape index (κ2) is 11.1. The standard InChI is InChI=1S/C36H23N8O.Pt/c1-41-23-42(31-14-8-7-13-30(31)41)25-17-18-37-33(21-25)45-26-15-16-28-27-11-5-6-12-29(27)44(32(28)22-26)36-40-34-35(39-20-19-38-34)43(36)24-9-3-2-4-10-24;/h2-20,23H,1H3;/q-3;. The average Bonchev–Trinajstić information content (AvgIpc) is 3.74. The van der Waals surface area contributed by atoms with Crippen LogP contribution in [0.15, 0.2) is 116 Å². The number of hydrogen-bond acceptors (Lipinski definition) is 7. The summed E-state index contributed by atoms with van der Waals surface area (Å²) < 4.78 is 10.4. The van der Waals surface area contributed by atoms with Crippen molar-refractivity contribution in [1.29, 1.82) is 0 Å². The Morgan fingerprint density at radius 2 is 1.48 bits per heavy atom. The molecule has 0 spiro atoms. The first kappa shape index (κ1) is 28.0. The Hall–Kier alpha value is -5.53. The summed E-state index contributed by atoms with van der Waals surface area (Å²) >= 11 is 0. The zero-order valence-corrected chi connectivity index (χ0v) is 26.6. The van der Waals surface area contributed by atoms with E-state index in [1.54, 1.807) is 18.6 Å². The van der Waals surface area contributed by atoms with Gasteiger partial charge in [-0.05, 0) is 49.0 Å². The van der Waals surface area contributed by atoms with Crippen LogP contribution in [-0.2, 0) is 21.1 Å². The maximum absolute atomic E-state index is 6.32. The SMILES string of the molecule is CN1[CH-]N(c2[c-]c(Oc3[c-]c4c(cc3)c3ccccc3n4-c3nc4nccnc4n3-c3ccccc3)ncc2)c2ccccc21.[Pt]. The maximum atomic E-state index is 6.32. The summed E-state index contributed by atoms with van der Waals surface area (Å²) in [5.41, 5.74) is 6.93. The molecule has 226 valence electrons. The van der Waals surface area contributed by atoms with Crippen LogP contribution in [-0.4, -0.2) is 36.1 Å². The van der Waals surface area contributed by atoms with E-state index in [1.807, 2.05) is 85.0 Å². The molecule has 0 saturated heterocycles. The first-order valence-corrected chi connectivity index (χ1v) is 14.5. The fourth-order valence-electron chi connectivity index (χ4n) is 6.02. The number of ether oxygens (including phenoxy) is 1. The Bertz CT molecular complexity index is 2390. The van der Waals surface area contributed by atoms with Crippen molar-refractivity contribution in [3.63, 3.8) is 0 Å². The summed E-state index contributed by atoms with van der Waals surface area (Å²) in [6.07, 6.45) is 5.07. The monoisotopic (exact) mass is 778 g/mol. The molecule has 0 N–H and O–H groups in total. The molecule has 0 saturated carbocycles.